The molecule has 7 heteroatoms. The number of nitrogens with one attached hydrogen (secondary N) is 1. The number of morpholine rings is 1. The molecule has 1 spiro atoms. The fraction of sp³-hybridized carbons (Fsp3) is 0.625. The van der Waals surface area contributed by atoms with Gasteiger partial charge in [0.1, 0.15) is 17.2 Å². The van der Waals surface area contributed by atoms with Crippen molar-refractivity contribution >= 4 is 23.3 Å². The largest absolute Gasteiger partial charge is 0.378 e. The summed E-state index contributed by atoms with van der Waals surface area (Å²) in [5.41, 5.74) is 1.94. The molecular weight excluding hydrogens is 392 g/mol. The molecule has 2 aromatic rings. The third kappa shape index (κ3) is 2.71. The number of ether oxygens (including phenoxy) is 1. The second-order valence-corrected chi connectivity index (χ2v) is 10.7. The molecule has 1 saturated heterocycles. The molecule has 2 bridgehead atoms. The Kier molecular flexibility index (Phi) is 3.57. The molecule has 5 fully saturated rings. The molecule has 31 heavy (non-hydrogen) atoms. The normalized spacial score (nSPS) is 37.3. The van der Waals surface area contributed by atoms with Crippen LogP contribution in [0.5, 0.6) is 0 Å². The molecule has 162 valence electrons. The fourth-order valence-electron chi connectivity index (χ4n) is 7.54. The van der Waals surface area contributed by atoms with Crippen molar-refractivity contribution in [2.24, 2.45) is 28.6 Å². The van der Waals surface area contributed by atoms with E-state index >= 15 is 0 Å². The number of fused-ring (bicyclic) bond motifs is 3. The first kappa shape index (κ1) is 18.2. The first-order valence-corrected chi connectivity index (χ1v) is 11.7. The van der Waals surface area contributed by atoms with Gasteiger partial charge >= 0.3 is 0 Å². The van der Waals surface area contributed by atoms with Gasteiger partial charge in [0.2, 0.25) is 5.91 Å². The third-order valence-electron chi connectivity index (χ3n) is 8.83. The number of pyridine rings is 1. The smallest absolute Gasteiger partial charge is 0.274 e. The Morgan fingerprint density at radius 3 is 2.94 bits per heavy atom. The highest BCUT2D eigenvalue weighted by molar-refractivity contribution is 5.94. The van der Waals surface area contributed by atoms with Gasteiger partial charge in [-0.1, -0.05) is 6.07 Å². The highest BCUT2D eigenvalue weighted by Gasteiger charge is 2.76. The average Bonchev–Trinajstić information content (AvgIpc) is 3.59. The number of aromatic nitrogens is 2. The minimum atomic E-state index is -0.0835. The molecule has 0 aromatic carbocycles. The first-order valence-electron chi connectivity index (χ1n) is 11.7. The van der Waals surface area contributed by atoms with Gasteiger partial charge in [-0.15, -0.1) is 0 Å². The van der Waals surface area contributed by atoms with Crippen molar-refractivity contribution in [3.63, 3.8) is 0 Å². The number of hydrogen-bond donors (Lipinski definition) is 1. The van der Waals surface area contributed by atoms with E-state index in [0.29, 0.717) is 55.3 Å². The molecule has 4 unspecified atom stereocenters. The summed E-state index contributed by atoms with van der Waals surface area (Å²) in [6.45, 7) is 2.29. The lowest BCUT2D eigenvalue weighted by Gasteiger charge is -2.35. The maximum Gasteiger partial charge on any atom is 0.274 e. The number of nitrogens with zero attached hydrogens (tertiary/aromatic N) is 3. The monoisotopic (exact) mass is 420 g/mol. The summed E-state index contributed by atoms with van der Waals surface area (Å²) in [6, 6.07) is 5.64. The molecule has 7 rings (SSSR count). The van der Waals surface area contributed by atoms with Crippen LogP contribution in [0.15, 0.2) is 24.4 Å². The average molecular weight is 421 g/mol. The molecule has 5 atom stereocenters. The van der Waals surface area contributed by atoms with Crippen LogP contribution in [0, 0.1) is 28.6 Å². The summed E-state index contributed by atoms with van der Waals surface area (Å²) >= 11 is 0. The summed E-state index contributed by atoms with van der Waals surface area (Å²) < 4.78 is 7.17. The second-order valence-electron chi connectivity index (χ2n) is 10.7. The molecule has 4 aliphatic carbocycles. The molecular formula is C24H28N4O3. The van der Waals surface area contributed by atoms with Gasteiger partial charge in [-0.25, -0.2) is 4.98 Å². The van der Waals surface area contributed by atoms with Crippen LogP contribution in [-0.2, 0) is 9.53 Å². The third-order valence-corrected chi connectivity index (χ3v) is 8.83. The van der Waals surface area contributed by atoms with E-state index in [4.69, 9.17) is 4.74 Å². The van der Waals surface area contributed by atoms with Crippen LogP contribution in [-0.4, -0.2) is 52.4 Å². The van der Waals surface area contributed by atoms with Gasteiger partial charge in [0.25, 0.3) is 5.91 Å². The standard InChI is InChI=1S/C24H28N4O3/c29-21(12-23-9-15-8-17(15)24(14-23)11-16(24)10-23)26-20-3-1-2-19-25-18(13-28(19)20)22(30)27-4-6-31-7-5-27/h1-3,13,15-17H,4-12,14H2,(H,26,29)/t15?,16?,17-,23?,24?/m0/s1. The van der Waals surface area contributed by atoms with Crippen molar-refractivity contribution in [1.82, 2.24) is 14.3 Å². The summed E-state index contributed by atoms with van der Waals surface area (Å²) in [6.07, 6.45) is 8.97. The predicted molar refractivity (Wildman–Crippen MR) is 114 cm³/mol. The lowest BCUT2D eigenvalue weighted by atomic mass is 9.69. The van der Waals surface area contributed by atoms with Crippen LogP contribution < -0.4 is 5.32 Å². The maximum atomic E-state index is 13.1. The highest BCUT2D eigenvalue weighted by atomic mass is 16.5. The molecule has 2 amide bonds. The van der Waals surface area contributed by atoms with E-state index in [1.54, 1.807) is 11.1 Å². The van der Waals surface area contributed by atoms with Crippen molar-refractivity contribution in [2.45, 2.75) is 38.5 Å². The van der Waals surface area contributed by atoms with Crippen molar-refractivity contribution in [2.75, 3.05) is 31.6 Å². The first-order chi connectivity index (χ1) is 15.1. The quantitative estimate of drug-likeness (QED) is 0.825. The van der Waals surface area contributed by atoms with Crippen LogP contribution in [0.3, 0.4) is 0 Å². The molecule has 2 aromatic heterocycles. The molecule has 0 radical (unpaired) electrons. The van der Waals surface area contributed by atoms with Crippen molar-refractivity contribution in [1.29, 1.82) is 0 Å². The second kappa shape index (κ2) is 6.09. The zero-order chi connectivity index (χ0) is 20.8. The zero-order valence-corrected chi connectivity index (χ0v) is 17.7. The summed E-state index contributed by atoms with van der Waals surface area (Å²) in [5, 5.41) is 3.14. The lowest BCUT2D eigenvalue weighted by molar-refractivity contribution is -0.119. The van der Waals surface area contributed by atoms with Crippen molar-refractivity contribution in [3.8, 4) is 0 Å². The van der Waals surface area contributed by atoms with Crippen LogP contribution in [0.2, 0.25) is 0 Å². The molecule has 1 aliphatic heterocycles. The van der Waals surface area contributed by atoms with Crippen LogP contribution in [0.25, 0.3) is 5.65 Å². The van der Waals surface area contributed by atoms with Gasteiger partial charge < -0.3 is 15.0 Å². The van der Waals surface area contributed by atoms with Gasteiger partial charge in [-0.2, -0.15) is 0 Å². The Labute approximate surface area is 181 Å². The summed E-state index contributed by atoms with van der Waals surface area (Å²) in [7, 11) is 0. The number of carbonyl (C=O) groups excluding carboxylic acids is 2. The fourth-order valence-corrected chi connectivity index (χ4v) is 7.54. The van der Waals surface area contributed by atoms with E-state index in [0.717, 1.165) is 17.8 Å². The minimum Gasteiger partial charge on any atom is -0.378 e. The topological polar surface area (TPSA) is 75.9 Å². The molecule has 4 saturated carbocycles. The van der Waals surface area contributed by atoms with Crippen LogP contribution in [0.4, 0.5) is 5.82 Å². The minimum absolute atomic E-state index is 0.0835. The molecule has 7 nitrogen and oxygen atoms in total. The number of rotatable bonds is 4. The van der Waals surface area contributed by atoms with Gasteiger partial charge in [-0.05, 0) is 72.8 Å². The van der Waals surface area contributed by atoms with E-state index in [1.165, 1.54) is 32.1 Å². The molecule has 5 aliphatic rings. The van der Waals surface area contributed by atoms with Crippen molar-refractivity contribution < 1.29 is 14.3 Å². The van der Waals surface area contributed by atoms with Gasteiger partial charge in [-0.3, -0.25) is 14.0 Å². The lowest BCUT2D eigenvalue weighted by Crippen LogP contribution is -2.40. The van der Waals surface area contributed by atoms with Gasteiger partial charge in [0, 0.05) is 25.7 Å². The maximum absolute atomic E-state index is 13.1. The Bertz CT molecular complexity index is 1100. The SMILES string of the molecule is O=C(CC12CC3C[C@@H]3C3(CC3C1)C2)Nc1cccc2nc(C(=O)N3CCOCC3)cn12. The van der Waals surface area contributed by atoms with E-state index in [2.05, 4.69) is 10.3 Å². The summed E-state index contributed by atoms with van der Waals surface area (Å²) in [4.78, 5) is 32.2. The van der Waals surface area contributed by atoms with E-state index in [9.17, 15) is 9.59 Å². The number of imidazole rings is 1. The Balaban J connectivity index is 1.10. The highest BCUT2D eigenvalue weighted by Crippen LogP contribution is 2.84. The number of carbonyl (C=O) groups is 2. The van der Waals surface area contributed by atoms with E-state index < -0.39 is 0 Å². The Morgan fingerprint density at radius 2 is 2.06 bits per heavy atom. The van der Waals surface area contributed by atoms with Crippen molar-refractivity contribution in [3.05, 3.63) is 30.1 Å². The van der Waals surface area contributed by atoms with Gasteiger partial charge in [0.05, 0.1) is 13.2 Å². The Hall–Kier alpha value is -2.41. The molecule has 3 heterocycles. The number of anilines is 1. The zero-order valence-electron chi connectivity index (χ0n) is 17.7. The van der Waals surface area contributed by atoms with E-state index in [1.807, 2.05) is 22.6 Å². The van der Waals surface area contributed by atoms with Crippen LogP contribution in [0.1, 0.15) is 49.0 Å². The summed E-state index contributed by atoms with van der Waals surface area (Å²) in [5.74, 6) is 3.46. The number of hydrogen-bond acceptors (Lipinski definition) is 4. The molecule has 1 N–H and O–H groups in total. The van der Waals surface area contributed by atoms with E-state index in [-0.39, 0.29) is 17.2 Å². The predicted octanol–water partition coefficient (Wildman–Crippen LogP) is 2.96. The Morgan fingerprint density at radius 1 is 1.19 bits per heavy atom. The van der Waals surface area contributed by atoms with Crippen LogP contribution >= 0.6 is 0 Å². The number of amides is 2. The van der Waals surface area contributed by atoms with Gasteiger partial charge in [0.15, 0.2) is 0 Å².